The van der Waals surface area contributed by atoms with Crippen LogP contribution in [-0.2, 0) is 9.47 Å². The van der Waals surface area contributed by atoms with Gasteiger partial charge in [-0.3, -0.25) is 0 Å². The fraction of sp³-hybridized carbons (Fsp3) is 1.00. The van der Waals surface area contributed by atoms with E-state index in [4.69, 9.17) is 9.47 Å². The minimum absolute atomic E-state index is 0.0507. The summed E-state index contributed by atoms with van der Waals surface area (Å²) in [4.78, 5) is 0. The molecule has 2 N–H and O–H groups in total. The van der Waals surface area contributed by atoms with Crippen LogP contribution in [-0.4, -0.2) is 51.1 Å². The predicted octanol–water partition coefficient (Wildman–Crippen LogP) is 0.378. The fourth-order valence-electron chi connectivity index (χ4n) is 2.48. The van der Waals surface area contributed by atoms with Crippen LogP contribution in [0.5, 0.6) is 0 Å². The molecule has 2 aliphatic heterocycles. The first-order chi connectivity index (χ1) is 7.60. The van der Waals surface area contributed by atoms with Crippen molar-refractivity contribution in [3.05, 3.63) is 0 Å². The summed E-state index contributed by atoms with van der Waals surface area (Å²) in [6, 6.07) is 0. The highest BCUT2D eigenvalue weighted by molar-refractivity contribution is 4.92. The molecule has 0 aromatic rings. The molecule has 2 fully saturated rings. The van der Waals surface area contributed by atoms with E-state index in [2.05, 4.69) is 31.4 Å². The molecule has 2 rings (SSSR count). The molecule has 4 heteroatoms. The Morgan fingerprint density at radius 3 is 2.44 bits per heavy atom. The molecule has 2 saturated heterocycles. The molecule has 94 valence electrons. The van der Waals surface area contributed by atoms with Crippen LogP contribution in [0.4, 0.5) is 0 Å². The zero-order chi connectivity index (χ0) is 11.6. The number of hydrogen-bond donors (Lipinski definition) is 2. The average Bonchev–Trinajstić information content (AvgIpc) is 2.30. The Kier molecular flexibility index (Phi) is 3.85. The summed E-state index contributed by atoms with van der Waals surface area (Å²) in [7, 11) is 0. The summed E-state index contributed by atoms with van der Waals surface area (Å²) >= 11 is 0. The summed E-state index contributed by atoms with van der Waals surface area (Å²) in [6.45, 7) is 11.2. The van der Waals surface area contributed by atoms with Crippen molar-refractivity contribution in [3.8, 4) is 0 Å². The Morgan fingerprint density at radius 2 is 1.81 bits per heavy atom. The predicted molar refractivity (Wildman–Crippen MR) is 63.6 cm³/mol. The van der Waals surface area contributed by atoms with E-state index in [1.807, 2.05) is 0 Å². The highest BCUT2D eigenvalue weighted by atomic mass is 16.5. The summed E-state index contributed by atoms with van der Waals surface area (Å²) in [6.07, 6.45) is 0.786. The number of nitrogens with one attached hydrogen (secondary N) is 2. The van der Waals surface area contributed by atoms with E-state index in [1.165, 1.54) is 0 Å². The van der Waals surface area contributed by atoms with Gasteiger partial charge >= 0.3 is 0 Å². The van der Waals surface area contributed by atoms with Crippen molar-refractivity contribution in [3.63, 3.8) is 0 Å². The van der Waals surface area contributed by atoms with E-state index >= 15 is 0 Å². The van der Waals surface area contributed by atoms with Crippen LogP contribution in [0.25, 0.3) is 0 Å². The lowest BCUT2D eigenvalue weighted by atomic mass is 9.79. The van der Waals surface area contributed by atoms with E-state index < -0.39 is 0 Å². The molecule has 3 atom stereocenters. The number of ether oxygens (including phenoxy) is 2. The zero-order valence-electron chi connectivity index (χ0n) is 10.6. The molecule has 0 aromatic heterocycles. The van der Waals surface area contributed by atoms with E-state index in [9.17, 15) is 0 Å². The van der Waals surface area contributed by atoms with Gasteiger partial charge in [0.15, 0.2) is 0 Å². The Balaban J connectivity index is 1.98. The highest BCUT2D eigenvalue weighted by Crippen LogP contribution is 2.32. The third kappa shape index (κ3) is 2.56. The van der Waals surface area contributed by atoms with E-state index in [0.29, 0.717) is 6.10 Å². The Morgan fingerprint density at radius 1 is 1.06 bits per heavy atom. The zero-order valence-corrected chi connectivity index (χ0v) is 10.6. The van der Waals surface area contributed by atoms with Crippen LogP contribution < -0.4 is 10.6 Å². The smallest absolute Gasteiger partial charge is 0.0779 e. The number of rotatable bonds is 2. The summed E-state index contributed by atoms with van der Waals surface area (Å²) in [5.41, 5.74) is 0.0507. The monoisotopic (exact) mass is 228 g/mol. The van der Waals surface area contributed by atoms with Crippen molar-refractivity contribution in [1.29, 1.82) is 0 Å². The maximum atomic E-state index is 6.03. The van der Waals surface area contributed by atoms with E-state index in [-0.39, 0.29) is 17.6 Å². The third-order valence-electron chi connectivity index (χ3n) is 3.75. The second-order valence-corrected chi connectivity index (χ2v) is 5.48. The van der Waals surface area contributed by atoms with Gasteiger partial charge in [-0.15, -0.1) is 0 Å². The van der Waals surface area contributed by atoms with Crippen molar-refractivity contribution in [2.24, 2.45) is 5.41 Å². The van der Waals surface area contributed by atoms with Crippen molar-refractivity contribution >= 4 is 0 Å². The van der Waals surface area contributed by atoms with Crippen LogP contribution in [0.15, 0.2) is 0 Å². The van der Waals surface area contributed by atoms with Gasteiger partial charge in [-0.1, -0.05) is 13.8 Å². The van der Waals surface area contributed by atoms with Crippen molar-refractivity contribution < 1.29 is 9.47 Å². The first-order valence-electron chi connectivity index (χ1n) is 6.29. The molecular formula is C12H24N2O2. The van der Waals surface area contributed by atoms with Crippen LogP contribution >= 0.6 is 0 Å². The number of morpholine rings is 2. The SMILES string of the molecule is C[C@@H]1CNCC(C(C)(C)[C@H]2CNCCO2)O1. The van der Waals surface area contributed by atoms with Gasteiger partial charge in [-0.2, -0.15) is 0 Å². The maximum absolute atomic E-state index is 6.03. The lowest BCUT2D eigenvalue weighted by Gasteiger charge is -2.45. The lowest BCUT2D eigenvalue weighted by Crippen LogP contribution is -2.57. The first-order valence-corrected chi connectivity index (χ1v) is 6.29. The average molecular weight is 228 g/mol. The van der Waals surface area contributed by atoms with Gasteiger partial charge in [0.05, 0.1) is 24.9 Å². The van der Waals surface area contributed by atoms with Crippen LogP contribution in [0.2, 0.25) is 0 Å². The van der Waals surface area contributed by atoms with Gasteiger partial charge in [-0.25, -0.2) is 0 Å². The van der Waals surface area contributed by atoms with Gasteiger partial charge in [0.2, 0.25) is 0 Å². The second kappa shape index (κ2) is 5.00. The van der Waals surface area contributed by atoms with Gasteiger partial charge < -0.3 is 20.1 Å². The van der Waals surface area contributed by atoms with Gasteiger partial charge in [0.1, 0.15) is 0 Å². The fourth-order valence-corrected chi connectivity index (χ4v) is 2.48. The Labute approximate surface area is 98.1 Å². The molecule has 4 nitrogen and oxygen atoms in total. The molecule has 0 spiro atoms. The molecule has 0 aliphatic carbocycles. The van der Waals surface area contributed by atoms with Gasteiger partial charge in [0, 0.05) is 31.6 Å². The summed E-state index contributed by atoms with van der Waals surface area (Å²) in [5.74, 6) is 0. The van der Waals surface area contributed by atoms with Crippen LogP contribution in [0, 0.1) is 5.41 Å². The largest absolute Gasteiger partial charge is 0.375 e. The standard InChI is InChI=1S/C12H24N2O2/c1-9-6-14-8-11(16-9)12(2,3)10-7-13-4-5-15-10/h9-11,13-14H,4-8H2,1-3H3/t9-,10-,11?/m1/s1. The Hall–Kier alpha value is -0.160. The lowest BCUT2D eigenvalue weighted by molar-refractivity contribution is -0.144. The molecule has 0 radical (unpaired) electrons. The molecule has 16 heavy (non-hydrogen) atoms. The maximum Gasteiger partial charge on any atom is 0.0779 e. The normalized spacial score (nSPS) is 37.3. The van der Waals surface area contributed by atoms with E-state index in [1.54, 1.807) is 0 Å². The third-order valence-corrected chi connectivity index (χ3v) is 3.75. The van der Waals surface area contributed by atoms with Crippen LogP contribution in [0.1, 0.15) is 20.8 Å². The molecule has 0 saturated carbocycles. The second-order valence-electron chi connectivity index (χ2n) is 5.48. The molecule has 2 aliphatic rings. The molecular weight excluding hydrogens is 204 g/mol. The van der Waals surface area contributed by atoms with Gasteiger partial charge in [0.25, 0.3) is 0 Å². The molecule has 0 aromatic carbocycles. The minimum atomic E-state index is 0.0507. The van der Waals surface area contributed by atoms with Crippen molar-refractivity contribution in [2.45, 2.75) is 39.1 Å². The minimum Gasteiger partial charge on any atom is -0.375 e. The molecule has 0 amide bonds. The van der Waals surface area contributed by atoms with Crippen LogP contribution in [0.3, 0.4) is 0 Å². The number of hydrogen-bond acceptors (Lipinski definition) is 4. The molecule has 2 heterocycles. The summed E-state index contributed by atoms with van der Waals surface area (Å²) < 4.78 is 11.9. The summed E-state index contributed by atoms with van der Waals surface area (Å²) in [5, 5.41) is 6.82. The molecule has 0 bridgehead atoms. The highest BCUT2D eigenvalue weighted by Gasteiger charge is 2.41. The van der Waals surface area contributed by atoms with Gasteiger partial charge in [-0.05, 0) is 6.92 Å². The Bertz CT molecular complexity index is 227. The topological polar surface area (TPSA) is 42.5 Å². The van der Waals surface area contributed by atoms with E-state index in [0.717, 1.165) is 32.8 Å². The van der Waals surface area contributed by atoms with Crippen molar-refractivity contribution in [2.75, 3.05) is 32.8 Å². The molecule has 1 unspecified atom stereocenters. The first kappa shape index (κ1) is 12.3. The quantitative estimate of drug-likeness (QED) is 0.717. The van der Waals surface area contributed by atoms with Crippen molar-refractivity contribution in [1.82, 2.24) is 10.6 Å².